The van der Waals surface area contributed by atoms with Crippen molar-refractivity contribution in [3.8, 4) is 0 Å². The Bertz CT molecular complexity index is 143. The van der Waals surface area contributed by atoms with Crippen molar-refractivity contribution in [1.29, 1.82) is 0 Å². The highest BCUT2D eigenvalue weighted by Crippen LogP contribution is 1.84. The molecule has 2 N–H and O–H groups in total. The average molecular weight is 124 g/mol. The van der Waals surface area contributed by atoms with Crippen LogP contribution in [0.5, 0.6) is 0 Å². The Morgan fingerprint density at radius 3 is 2.56 bits per heavy atom. The Morgan fingerprint density at radius 1 is 1.44 bits per heavy atom. The van der Waals surface area contributed by atoms with Crippen LogP contribution in [0.4, 0.5) is 0 Å². The molecule has 0 aliphatic carbocycles. The van der Waals surface area contributed by atoms with Gasteiger partial charge in [0.25, 0.3) is 0 Å². The molecule has 0 rings (SSSR count). The standard InChI is InChI=1S/C7H12N2/c1-3-7(8)5-6-9-4-2/h3-6H,8H2,1-2H3/b6-5-,7-3+,9-4-. The number of hydrogen-bond donors (Lipinski definition) is 1. The smallest absolute Gasteiger partial charge is 0.0286 e. The minimum absolute atomic E-state index is 0.737. The van der Waals surface area contributed by atoms with Gasteiger partial charge in [0, 0.05) is 18.1 Å². The van der Waals surface area contributed by atoms with Gasteiger partial charge in [0.2, 0.25) is 0 Å². The predicted molar refractivity (Wildman–Crippen MR) is 41.3 cm³/mol. The summed E-state index contributed by atoms with van der Waals surface area (Å²) in [7, 11) is 0. The van der Waals surface area contributed by atoms with E-state index in [1.54, 1.807) is 18.5 Å². The summed E-state index contributed by atoms with van der Waals surface area (Å²) in [4.78, 5) is 3.83. The van der Waals surface area contributed by atoms with Crippen molar-refractivity contribution in [1.82, 2.24) is 0 Å². The first kappa shape index (κ1) is 7.95. The molecule has 0 saturated heterocycles. The Labute approximate surface area is 55.8 Å². The van der Waals surface area contributed by atoms with Gasteiger partial charge >= 0.3 is 0 Å². The van der Waals surface area contributed by atoms with Crippen LogP contribution < -0.4 is 5.73 Å². The van der Waals surface area contributed by atoms with Crippen molar-refractivity contribution in [2.75, 3.05) is 0 Å². The normalized spacial score (nSPS) is 13.8. The van der Waals surface area contributed by atoms with Gasteiger partial charge in [-0.2, -0.15) is 0 Å². The second-order valence-corrected chi connectivity index (χ2v) is 1.51. The molecule has 0 aromatic rings. The lowest BCUT2D eigenvalue weighted by molar-refractivity contribution is 1.38. The summed E-state index contributed by atoms with van der Waals surface area (Å²) in [6.07, 6.45) is 6.94. The first-order valence-corrected chi connectivity index (χ1v) is 2.87. The molecule has 0 fully saturated rings. The van der Waals surface area contributed by atoms with E-state index >= 15 is 0 Å². The van der Waals surface area contributed by atoms with Gasteiger partial charge < -0.3 is 5.73 Å². The third-order valence-electron chi connectivity index (χ3n) is 0.835. The Morgan fingerprint density at radius 2 is 2.11 bits per heavy atom. The van der Waals surface area contributed by atoms with E-state index in [4.69, 9.17) is 5.73 Å². The van der Waals surface area contributed by atoms with Crippen molar-refractivity contribution >= 4 is 6.21 Å². The van der Waals surface area contributed by atoms with Gasteiger partial charge in [0.15, 0.2) is 0 Å². The second-order valence-electron chi connectivity index (χ2n) is 1.51. The third kappa shape index (κ3) is 4.81. The van der Waals surface area contributed by atoms with E-state index in [-0.39, 0.29) is 0 Å². The van der Waals surface area contributed by atoms with Gasteiger partial charge in [-0.1, -0.05) is 6.08 Å². The first-order valence-electron chi connectivity index (χ1n) is 2.87. The summed E-state index contributed by atoms with van der Waals surface area (Å²) in [6, 6.07) is 0. The molecule has 0 amide bonds. The van der Waals surface area contributed by atoms with Gasteiger partial charge in [-0.3, -0.25) is 4.99 Å². The van der Waals surface area contributed by atoms with Crippen LogP contribution >= 0.6 is 0 Å². The zero-order valence-corrected chi connectivity index (χ0v) is 5.83. The number of nitrogens with zero attached hydrogens (tertiary/aromatic N) is 1. The van der Waals surface area contributed by atoms with E-state index in [0.717, 1.165) is 5.70 Å². The largest absolute Gasteiger partial charge is 0.399 e. The van der Waals surface area contributed by atoms with Crippen molar-refractivity contribution in [3.05, 3.63) is 24.0 Å². The zero-order chi connectivity index (χ0) is 7.11. The molecule has 0 aromatic carbocycles. The summed E-state index contributed by atoms with van der Waals surface area (Å²) in [5, 5.41) is 0. The van der Waals surface area contributed by atoms with Gasteiger partial charge in [-0.15, -0.1) is 0 Å². The summed E-state index contributed by atoms with van der Waals surface area (Å²) < 4.78 is 0. The zero-order valence-electron chi connectivity index (χ0n) is 5.83. The van der Waals surface area contributed by atoms with Crippen molar-refractivity contribution in [2.45, 2.75) is 13.8 Å². The number of nitrogens with two attached hydrogens (primary N) is 1. The highest BCUT2D eigenvalue weighted by Gasteiger charge is 1.72. The Balaban J connectivity index is 3.71. The maximum atomic E-state index is 5.41. The molecule has 2 nitrogen and oxygen atoms in total. The summed E-state index contributed by atoms with van der Waals surface area (Å²) in [5.41, 5.74) is 6.15. The number of hydrogen-bond acceptors (Lipinski definition) is 2. The maximum absolute atomic E-state index is 5.41. The van der Waals surface area contributed by atoms with E-state index in [9.17, 15) is 0 Å². The fraction of sp³-hybridized carbons (Fsp3) is 0.286. The van der Waals surface area contributed by atoms with E-state index in [1.165, 1.54) is 0 Å². The van der Waals surface area contributed by atoms with Crippen LogP contribution in [0.3, 0.4) is 0 Å². The van der Waals surface area contributed by atoms with Crippen molar-refractivity contribution in [2.24, 2.45) is 10.7 Å². The number of allylic oxidation sites excluding steroid dienone is 2. The van der Waals surface area contributed by atoms with Crippen molar-refractivity contribution < 1.29 is 0 Å². The van der Waals surface area contributed by atoms with E-state index in [2.05, 4.69) is 4.99 Å². The van der Waals surface area contributed by atoms with Gasteiger partial charge in [0.1, 0.15) is 0 Å². The van der Waals surface area contributed by atoms with Gasteiger partial charge in [-0.05, 0) is 19.9 Å². The second kappa shape index (κ2) is 5.09. The van der Waals surface area contributed by atoms with Crippen LogP contribution in [0.15, 0.2) is 29.0 Å². The number of aliphatic imine (C=N–C) groups is 1. The van der Waals surface area contributed by atoms with Crippen LogP contribution in [0, 0.1) is 0 Å². The van der Waals surface area contributed by atoms with Gasteiger partial charge in [-0.25, -0.2) is 0 Å². The molecule has 2 heteroatoms. The lowest BCUT2D eigenvalue weighted by Crippen LogP contribution is -1.89. The maximum Gasteiger partial charge on any atom is 0.0286 e. The molecular weight excluding hydrogens is 112 g/mol. The predicted octanol–water partition coefficient (Wildman–Crippen LogP) is 1.45. The minimum atomic E-state index is 0.737. The fourth-order valence-corrected chi connectivity index (χ4v) is 0.311. The molecule has 50 valence electrons. The summed E-state index contributed by atoms with van der Waals surface area (Å²) >= 11 is 0. The van der Waals surface area contributed by atoms with Crippen LogP contribution in [-0.2, 0) is 0 Å². The third-order valence-corrected chi connectivity index (χ3v) is 0.835. The molecule has 0 unspecified atom stereocenters. The molecule has 0 radical (unpaired) electrons. The highest BCUT2D eigenvalue weighted by atomic mass is 14.7. The molecule has 0 heterocycles. The molecule has 0 bridgehead atoms. The molecular formula is C7H12N2. The minimum Gasteiger partial charge on any atom is -0.399 e. The molecule has 0 aromatic heterocycles. The number of rotatable bonds is 2. The quantitative estimate of drug-likeness (QED) is 0.439. The van der Waals surface area contributed by atoms with Crippen LogP contribution in [-0.4, -0.2) is 6.21 Å². The summed E-state index contributed by atoms with van der Waals surface area (Å²) in [5.74, 6) is 0. The lowest BCUT2D eigenvalue weighted by Gasteiger charge is -1.83. The average Bonchev–Trinajstić information content (AvgIpc) is 1.89. The van der Waals surface area contributed by atoms with Crippen LogP contribution in [0.25, 0.3) is 0 Å². The highest BCUT2D eigenvalue weighted by molar-refractivity contribution is 5.54. The van der Waals surface area contributed by atoms with E-state index in [1.807, 2.05) is 19.9 Å². The molecule has 0 saturated carbocycles. The Kier molecular flexibility index (Phi) is 4.50. The fourth-order valence-electron chi connectivity index (χ4n) is 0.311. The molecule has 0 aliphatic rings. The first-order chi connectivity index (χ1) is 4.31. The van der Waals surface area contributed by atoms with E-state index < -0.39 is 0 Å². The van der Waals surface area contributed by atoms with Crippen LogP contribution in [0.1, 0.15) is 13.8 Å². The monoisotopic (exact) mass is 124 g/mol. The van der Waals surface area contributed by atoms with Crippen molar-refractivity contribution in [3.63, 3.8) is 0 Å². The lowest BCUT2D eigenvalue weighted by atomic mass is 10.4. The van der Waals surface area contributed by atoms with E-state index in [0.29, 0.717) is 0 Å². The SMILES string of the molecule is C\C=N/C=C\C(N)=C/C. The van der Waals surface area contributed by atoms with Crippen LogP contribution in [0.2, 0.25) is 0 Å². The molecule has 0 spiro atoms. The molecule has 0 atom stereocenters. The molecule has 0 aliphatic heterocycles. The molecule has 9 heavy (non-hydrogen) atoms. The van der Waals surface area contributed by atoms with Gasteiger partial charge in [0.05, 0.1) is 0 Å². The topological polar surface area (TPSA) is 38.4 Å². The Hall–Kier alpha value is -1.05. The summed E-state index contributed by atoms with van der Waals surface area (Å²) in [6.45, 7) is 3.74.